The van der Waals surface area contributed by atoms with Crippen LogP contribution in [0, 0.1) is 5.92 Å². The van der Waals surface area contributed by atoms with Gasteiger partial charge in [-0.15, -0.1) is 0 Å². The third kappa shape index (κ3) is 2.92. The molecule has 2 rings (SSSR count). The van der Waals surface area contributed by atoms with Gasteiger partial charge in [0.25, 0.3) is 0 Å². The minimum Gasteiger partial charge on any atom is -0.545 e. The van der Waals surface area contributed by atoms with Gasteiger partial charge in [-0.05, 0) is 18.1 Å². The van der Waals surface area contributed by atoms with Crippen LogP contribution in [-0.4, -0.2) is 34.8 Å². The first-order chi connectivity index (χ1) is 11.0. The van der Waals surface area contributed by atoms with Gasteiger partial charge in [0.05, 0.1) is 17.9 Å². The number of carbonyl (C=O) groups excluding carboxylic acids is 3. The summed E-state index contributed by atoms with van der Waals surface area (Å²) in [6, 6.07) is 1.56. The number of carbonyl (C=O) groups is 3. The fourth-order valence-electron chi connectivity index (χ4n) is 2.63. The zero-order chi connectivity index (χ0) is 18.3. The highest BCUT2D eigenvalue weighted by atomic mass is 19.4. The minimum absolute atomic E-state index is 0.0257. The molecule has 10 heteroatoms. The van der Waals surface area contributed by atoms with Crippen LogP contribution < -0.4 is 15.7 Å². The quantitative estimate of drug-likeness (QED) is 0.705. The minimum atomic E-state index is -5.30. The Kier molecular flexibility index (Phi) is 4.27. The zero-order valence-corrected chi connectivity index (χ0v) is 12.2. The van der Waals surface area contributed by atoms with Crippen LogP contribution in [0.1, 0.15) is 28.9 Å². The molecule has 1 fully saturated rings. The molecule has 1 aromatic rings. The number of hydrogen-bond donors (Lipinski definition) is 3. The maximum atomic E-state index is 13.2. The highest BCUT2D eigenvalue weighted by molar-refractivity contribution is 5.87. The van der Waals surface area contributed by atoms with Gasteiger partial charge < -0.3 is 25.6 Å². The second-order valence-electron chi connectivity index (χ2n) is 5.34. The molecule has 1 saturated heterocycles. The smallest absolute Gasteiger partial charge is 0.437 e. The molecule has 0 spiro atoms. The van der Waals surface area contributed by atoms with Crippen LogP contribution in [0.25, 0.3) is 0 Å². The molecule has 130 valence electrons. The Morgan fingerprint density at radius 2 is 1.79 bits per heavy atom. The van der Waals surface area contributed by atoms with Crippen LogP contribution in [0.5, 0.6) is 0 Å². The number of amides is 2. The van der Waals surface area contributed by atoms with Crippen LogP contribution in [-0.2, 0) is 4.79 Å². The first-order valence-corrected chi connectivity index (χ1v) is 6.67. The molecule has 3 atom stereocenters. The third-order valence-electron chi connectivity index (χ3n) is 3.75. The third-order valence-corrected chi connectivity index (χ3v) is 3.75. The van der Waals surface area contributed by atoms with Crippen LogP contribution in [0.4, 0.5) is 18.0 Å². The number of carboxylic acid groups (broad SMARTS) is 1. The van der Waals surface area contributed by atoms with E-state index in [9.17, 15) is 37.8 Å². The zero-order valence-electron chi connectivity index (χ0n) is 12.2. The normalized spacial score (nSPS) is 27.1. The van der Waals surface area contributed by atoms with Crippen molar-refractivity contribution in [2.24, 2.45) is 5.92 Å². The Morgan fingerprint density at radius 1 is 1.25 bits per heavy atom. The Bertz CT molecular complexity index is 689. The number of ketones is 1. The van der Waals surface area contributed by atoms with E-state index >= 15 is 0 Å². The number of urea groups is 1. The molecule has 1 aliphatic heterocycles. The standard InChI is InChI=1S/C14H13F3N2O5/c1-6(20)9-10(7-2-4-8(5-3-7)11(21)22)18-12(23)19-13(9,24)14(15,16)17/h2-5,9-10,24H,1H3,(H,21,22)(H2,18,19,23)/p-1/t9-,10-,13+/m0/s1. The summed E-state index contributed by atoms with van der Waals surface area (Å²) in [6.07, 6.45) is -5.30. The number of nitrogens with one attached hydrogen (secondary N) is 2. The van der Waals surface area contributed by atoms with Crippen LogP contribution in [0.15, 0.2) is 24.3 Å². The number of carboxylic acids is 1. The van der Waals surface area contributed by atoms with Gasteiger partial charge in [-0.25, -0.2) is 4.79 Å². The molecule has 1 heterocycles. The summed E-state index contributed by atoms with van der Waals surface area (Å²) in [5, 5.41) is 24.2. The van der Waals surface area contributed by atoms with E-state index in [1.165, 1.54) is 5.32 Å². The molecule has 7 nitrogen and oxygen atoms in total. The average Bonchev–Trinajstić information content (AvgIpc) is 2.44. The van der Waals surface area contributed by atoms with Crippen LogP contribution in [0.3, 0.4) is 0 Å². The van der Waals surface area contributed by atoms with Crippen LogP contribution in [0.2, 0.25) is 0 Å². The Morgan fingerprint density at radius 3 is 2.21 bits per heavy atom. The SMILES string of the molecule is CC(=O)[C@H]1[C@H](c2ccc(C(=O)[O-])cc2)NC(=O)N[C@]1(O)C(F)(F)F. The highest BCUT2D eigenvalue weighted by Crippen LogP contribution is 2.42. The summed E-state index contributed by atoms with van der Waals surface area (Å²) in [6.45, 7) is 0.850. The lowest BCUT2D eigenvalue weighted by molar-refractivity contribution is -0.290. The number of hydrogen-bond acceptors (Lipinski definition) is 5. The lowest BCUT2D eigenvalue weighted by Gasteiger charge is -2.44. The van der Waals surface area contributed by atoms with E-state index in [4.69, 9.17) is 0 Å². The van der Waals surface area contributed by atoms with Gasteiger partial charge >= 0.3 is 12.2 Å². The molecule has 3 N–H and O–H groups in total. The maximum absolute atomic E-state index is 13.2. The topological polar surface area (TPSA) is 119 Å². The number of rotatable bonds is 3. The van der Waals surface area contributed by atoms with Crippen LogP contribution >= 0.6 is 0 Å². The number of Topliss-reactive ketones (excluding diaryl/α,β-unsaturated/α-hetero) is 1. The van der Waals surface area contributed by atoms with Gasteiger partial charge in [-0.1, -0.05) is 24.3 Å². The van der Waals surface area contributed by atoms with Crippen molar-refractivity contribution in [3.05, 3.63) is 35.4 Å². The molecule has 24 heavy (non-hydrogen) atoms. The lowest BCUT2D eigenvalue weighted by atomic mass is 9.79. The highest BCUT2D eigenvalue weighted by Gasteiger charge is 2.65. The summed E-state index contributed by atoms with van der Waals surface area (Å²) < 4.78 is 39.7. The second kappa shape index (κ2) is 5.78. The van der Waals surface area contributed by atoms with E-state index in [1.807, 2.05) is 0 Å². The number of halogens is 3. The number of alkyl halides is 3. The summed E-state index contributed by atoms with van der Waals surface area (Å²) in [7, 11) is 0. The molecule has 0 saturated carbocycles. The van der Waals surface area contributed by atoms with Crippen molar-refractivity contribution in [1.82, 2.24) is 10.6 Å². The first kappa shape index (κ1) is 17.7. The number of aliphatic hydroxyl groups is 1. The fourth-order valence-corrected chi connectivity index (χ4v) is 2.63. The Balaban J connectivity index is 2.52. The molecule has 0 aliphatic carbocycles. The Labute approximate surface area is 133 Å². The van der Waals surface area contributed by atoms with Crippen molar-refractivity contribution in [3.8, 4) is 0 Å². The predicted molar refractivity (Wildman–Crippen MR) is 70.4 cm³/mol. The summed E-state index contributed by atoms with van der Waals surface area (Å²) in [5.41, 5.74) is -3.96. The van der Waals surface area contributed by atoms with Gasteiger partial charge in [0.15, 0.2) is 0 Å². The monoisotopic (exact) mass is 345 g/mol. The molecule has 1 aromatic carbocycles. The molecule has 0 unspecified atom stereocenters. The average molecular weight is 345 g/mol. The maximum Gasteiger partial charge on any atom is 0.437 e. The van der Waals surface area contributed by atoms with Gasteiger partial charge in [0.2, 0.25) is 5.72 Å². The summed E-state index contributed by atoms with van der Waals surface area (Å²) in [5.74, 6) is -4.58. The first-order valence-electron chi connectivity index (χ1n) is 6.67. The fraction of sp³-hybridized carbons (Fsp3) is 0.357. The van der Waals surface area contributed by atoms with E-state index in [0.29, 0.717) is 0 Å². The van der Waals surface area contributed by atoms with E-state index in [1.54, 1.807) is 0 Å². The van der Waals surface area contributed by atoms with E-state index < -0.39 is 41.6 Å². The van der Waals surface area contributed by atoms with Crippen molar-refractivity contribution in [2.75, 3.05) is 0 Å². The van der Waals surface area contributed by atoms with Gasteiger partial charge in [-0.2, -0.15) is 13.2 Å². The predicted octanol–water partition coefficient (Wildman–Crippen LogP) is -0.140. The second-order valence-corrected chi connectivity index (χ2v) is 5.34. The largest absolute Gasteiger partial charge is 0.545 e. The number of benzene rings is 1. The van der Waals surface area contributed by atoms with Crippen molar-refractivity contribution in [3.63, 3.8) is 0 Å². The van der Waals surface area contributed by atoms with E-state index in [2.05, 4.69) is 5.32 Å². The van der Waals surface area contributed by atoms with Gasteiger partial charge in [0, 0.05) is 0 Å². The molecular formula is C14H12F3N2O5-. The molecule has 1 aliphatic rings. The summed E-state index contributed by atoms with van der Waals surface area (Å²) >= 11 is 0. The molecule has 0 aromatic heterocycles. The van der Waals surface area contributed by atoms with E-state index in [-0.39, 0.29) is 11.1 Å². The van der Waals surface area contributed by atoms with E-state index in [0.717, 1.165) is 31.2 Å². The summed E-state index contributed by atoms with van der Waals surface area (Å²) in [4.78, 5) is 34.0. The van der Waals surface area contributed by atoms with Crippen molar-refractivity contribution in [1.29, 1.82) is 0 Å². The van der Waals surface area contributed by atoms with Crippen molar-refractivity contribution in [2.45, 2.75) is 24.9 Å². The molecular weight excluding hydrogens is 333 g/mol. The molecule has 0 radical (unpaired) electrons. The lowest BCUT2D eigenvalue weighted by Crippen LogP contribution is -2.72. The van der Waals surface area contributed by atoms with Crippen molar-refractivity contribution >= 4 is 17.8 Å². The van der Waals surface area contributed by atoms with Gasteiger partial charge in [0.1, 0.15) is 5.78 Å². The van der Waals surface area contributed by atoms with Gasteiger partial charge in [-0.3, -0.25) is 4.79 Å². The number of aromatic carboxylic acids is 1. The molecule has 2 amide bonds. The van der Waals surface area contributed by atoms with Crippen molar-refractivity contribution < 1.29 is 37.8 Å². The molecule has 0 bridgehead atoms. The Hall–Kier alpha value is -2.62.